The second kappa shape index (κ2) is 5.89. The number of carbonyl (C=O) groups is 1. The van der Waals surface area contributed by atoms with Crippen LogP contribution in [-0.4, -0.2) is 42.7 Å². The van der Waals surface area contributed by atoms with Crippen LogP contribution in [0.3, 0.4) is 0 Å². The van der Waals surface area contributed by atoms with Gasteiger partial charge < -0.3 is 19.4 Å². The lowest BCUT2D eigenvalue weighted by atomic mass is 9.96. The molecular formula is C18H22N2O3. The van der Waals surface area contributed by atoms with Crippen molar-refractivity contribution in [3.8, 4) is 5.75 Å². The van der Waals surface area contributed by atoms with E-state index >= 15 is 0 Å². The van der Waals surface area contributed by atoms with Gasteiger partial charge in [0.2, 0.25) is 5.91 Å². The Morgan fingerprint density at radius 2 is 2.17 bits per heavy atom. The number of carbonyl (C=O) groups excluding carboxylic acids is 1. The lowest BCUT2D eigenvalue weighted by Crippen LogP contribution is -2.41. The summed E-state index contributed by atoms with van der Waals surface area (Å²) in [7, 11) is 1.68. The van der Waals surface area contributed by atoms with Crippen LogP contribution in [-0.2, 0) is 22.5 Å². The summed E-state index contributed by atoms with van der Waals surface area (Å²) in [5.41, 5.74) is 3.62. The zero-order valence-corrected chi connectivity index (χ0v) is 13.4. The molecule has 0 atom stereocenters. The van der Waals surface area contributed by atoms with Crippen molar-refractivity contribution in [2.45, 2.75) is 25.8 Å². The van der Waals surface area contributed by atoms with E-state index in [1.165, 1.54) is 16.6 Å². The summed E-state index contributed by atoms with van der Waals surface area (Å²) in [6.07, 6.45) is 2.59. The molecule has 0 spiro atoms. The van der Waals surface area contributed by atoms with Crippen molar-refractivity contribution in [1.82, 2.24) is 9.88 Å². The average Bonchev–Trinajstić information content (AvgIpc) is 2.98. The summed E-state index contributed by atoms with van der Waals surface area (Å²) in [6.45, 7) is 2.91. The molecule has 0 aliphatic carbocycles. The maximum Gasteiger partial charge on any atom is 0.226 e. The highest BCUT2D eigenvalue weighted by atomic mass is 16.5. The lowest BCUT2D eigenvalue weighted by molar-refractivity contribution is -0.139. The maximum atomic E-state index is 12.8. The van der Waals surface area contributed by atoms with Crippen LogP contribution in [0.25, 0.3) is 10.9 Å². The van der Waals surface area contributed by atoms with Gasteiger partial charge in [-0.1, -0.05) is 0 Å². The van der Waals surface area contributed by atoms with E-state index in [2.05, 4.69) is 17.1 Å². The number of ether oxygens (including phenoxy) is 2. The van der Waals surface area contributed by atoms with Crippen molar-refractivity contribution in [2.75, 3.05) is 26.9 Å². The Balaban J connectivity index is 1.61. The first-order chi connectivity index (χ1) is 11.3. The number of nitrogens with zero attached hydrogens (tertiary/aromatic N) is 1. The first-order valence-electron chi connectivity index (χ1n) is 8.30. The average molecular weight is 314 g/mol. The van der Waals surface area contributed by atoms with Crippen molar-refractivity contribution in [3.05, 3.63) is 29.5 Å². The minimum Gasteiger partial charge on any atom is -0.497 e. The predicted molar refractivity (Wildman–Crippen MR) is 87.5 cm³/mol. The summed E-state index contributed by atoms with van der Waals surface area (Å²) in [6, 6.07) is 6.08. The third-order valence-corrected chi connectivity index (χ3v) is 5.06. The first kappa shape index (κ1) is 14.6. The summed E-state index contributed by atoms with van der Waals surface area (Å²) in [5.74, 6) is 1.27. The molecule has 5 nitrogen and oxygen atoms in total. The molecule has 23 heavy (non-hydrogen) atoms. The fourth-order valence-corrected chi connectivity index (χ4v) is 3.71. The fraction of sp³-hybridized carbons (Fsp3) is 0.500. The highest BCUT2D eigenvalue weighted by Gasteiger charge is 2.30. The number of benzene rings is 1. The van der Waals surface area contributed by atoms with Gasteiger partial charge >= 0.3 is 0 Å². The van der Waals surface area contributed by atoms with E-state index in [0.717, 1.165) is 37.1 Å². The Labute approximate surface area is 135 Å². The van der Waals surface area contributed by atoms with E-state index in [9.17, 15) is 4.79 Å². The molecule has 5 heteroatoms. The number of H-pyrrole nitrogens is 1. The summed E-state index contributed by atoms with van der Waals surface area (Å²) in [4.78, 5) is 18.3. The van der Waals surface area contributed by atoms with Crippen molar-refractivity contribution >= 4 is 16.8 Å². The van der Waals surface area contributed by atoms with E-state index in [4.69, 9.17) is 9.47 Å². The smallest absolute Gasteiger partial charge is 0.226 e. The molecule has 0 saturated carbocycles. The quantitative estimate of drug-likeness (QED) is 0.926. The van der Waals surface area contributed by atoms with E-state index in [1.807, 2.05) is 11.0 Å². The molecule has 122 valence electrons. The van der Waals surface area contributed by atoms with Crippen LogP contribution < -0.4 is 4.74 Å². The molecule has 2 aliphatic rings. The normalized spacial score (nSPS) is 18.9. The van der Waals surface area contributed by atoms with Crippen LogP contribution in [0.5, 0.6) is 5.75 Å². The molecule has 0 radical (unpaired) electrons. The number of methoxy groups -OCH3 is 1. The minimum atomic E-state index is 0.130. The molecule has 1 aromatic carbocycles. The Morgan fingerprint density at radius 3 is 2.96 bits per heavy atom. The Bertz CT molecular complexity index is 731. The molecule has 0 bridgehead atoms. The third kappa shape index (κ3) is 2.59. The molecule has 4 rings (SSSR count). The topological polar surface area (TPSA) is 54.6 Å². The van der Waals surface area contributed by atoms with Crippen LogP contribution in [0.2, 0.25) is 0 Å². The Kier molecular flexibility index (Phi) is 3.73. The molecule has 3 heterocycles. The molecule has 2 aromatic rings. The second-order valence-electron chi connectivity index (χ2n) is 6.39. The van der Waals surface area contributed by atoms with Crippen molar-refractivity contribution in [2.24, 2.45) is 5.92 Å². The summed E-state index contributed by atoms with van der Waals surface area (Å²) >= 11 is 0. The molecular weight excluding hydrogens is 292 g/mol. The van der Waals surface area contributed by atoms with Gasteiger partial charge in [0.1, 0.15) is 5.75 Å². The van der Waals surface area contributed by atoms with E-state index in [1.54, 1.807) is 7.11 Å². The van der Waals surface area contributed by atoms with Crippen LogP contribution in [0, 0.1) is 5.92 Å². The summed E-state index contributed by atoms with van der Waals surface area (Å²) < 4.78 is 10.7. The lowest BCUT2D eigenvalue weighted by Gasteiger charge is -2.32. The number of fused-ring (bicyclic) bond motifs is 3. The van der Waals surface area contributed by atoms with Crippen molar-refractivity contribution in [1.29, 1.82) is 0 Å². The first-order valence-corrected chi connectivity index (χ1v) is 8.30. The standard InChI is InChI=1S/C18H22N2O3/c1-22-13-2-3-16-14(10-13)15-11-20(7-4-17(15)19-16)18(21)12-5-8-23-9-6-12/h2-3,10,12,19H,4-9,11H2,1H3. The zero-order valence-electron chi connectivity index (χ0n) is 13.4. The Morgan fingerprint density at radius 1 is 1.35 bits per heavy atom. The number of aromatic nitrogens is 1. The number of nitrogens with one attached hydrogen (secondary N) is 1. The molecule has 1 fully saturated rings. The molecule has 2 aliphatic heterocycles. The van der Waals surface area contributed by atoms with Gasteiger partial charge in [-0.3, -0.25) is 4.79 Å². The second-order valence-corrected chi connectivity index (χ2v) is 6.39. The fourth-order valence-electron chi connectivity index (χ4n) is 3.71. The third-order valence-electron chi connectivity index (χ3n) is 5.06. The number of hydrogen-bond donors (Lipinski definition) is 1. The predicted octanol–water partition coefficient (Wildman–Crippen LogP) is 2.49. The number of hydrogen-bond acceptors (Lipinski definition) is 3. The number of amides is 1. The highest BCUT2D eigenvalue weighted by Crippen LogP contribution is 2.31. The summed E-state index contributed by atoms with van der Waals surface area (Å²) in [5, 5.41) is 1.17. The van der Waals surface area contributed by atoms with Crippen LogP contribution in [0.1, 0.15) is 24.1 Å². The molecule has 1 saturated heterocycles. The monoisotopic (exact) mass is 314 g/mol. The van der Waals surface area contributed by atoms with Gasteiger partial charge in [-0.05, 0) is 31.0 Å². The largest absolute Gasteiger partial charge is 0.497 e. The molecule has 1 amide bonds. The van der Waals surface area contributed by atoms with Gasteiger partial charge in [0, 0.05) is 60.8 Å². The highest BCUT2D eigenvalue weighted by molar-refractivity contribution is 5.87. The van der Waals surface area contributed by atoms with Crippen molar-refractivity contribution in [3.63, 3.8) is 0 Å². The van der Waals surface area contributed by atoms with E-state index < -0.39 is 0 Å². The van der Waals surface area contributed by atoms with Gasteiger partial charge in [-0.2, -0.15) is 0 Å². The van der Waals surface area contributed by atoms with Crippen molar-refractivity contribution < 1.29 is 14.3 Å². The SMILES string of the molecule is COc1ccc2[nH]c3c(c2c1)CN(C(=O)C1CCOCC1)CC3. The Hall–Kier alpha value is -2.01. The van der Waals surface area contributed by atoms with Gasteiger partial charge in [0.25, 0.3) is 0 Å². The van der Waals surface area contributed by atoms with Gasteiger partial charge in [0.05, 0.1) is 7.11 Å². The molecule has 1 N–H and O–H groups in total. The number of aromatic amines is 1. The molecule has 0 unspecified atom stereocenters. The van der Waals surface area contributed by atoms with E-state index in [-0.39, 0.29) is 11.8 Å². The minimum absolute atomic E-state index is 0.130. The van der Waals surface area contributed by atoms with Crippen LogP contribution in [0.15, 0.2) is 18.2 Å². The zero-order chi connectivity index (χ0) is 15.8. The van der Waals surface area contributed by atoms with Gasteiger partial charge in [-0.15, -0.1) is 0 Å². The number of rotatable bonds is 2. The van der Waals surface area contributed by atoms with Gasteiger partial charge in [-0.25, -0.2) is 0 Å². The van der Waals surface area contributed by atoms with Crippen LogP contribution in [0.4, 0.5) is 0 Å². The molecule has 1 aromatic heterocycles. The maximum absolute atomic E-state index is 12.8. The van der Waals surface area contributed by atoms with Gasteiger partial charge in [0.15, 0.2) is 0 Å². The van der Waals surface area contributed by atoms with E-state index in [0.29, 0.717) is 19.8 Å². The van der Waals surface area contributed by atoms with Crippen LogP contribution >= 0.6 is 0 Å².